The van der Waals surface area contributed by atoms with Gasteiger partial charge < -0.3 is 0 Å². The largest absolute Gasteiger partial charge is 0.296 e. The molecule has 0 N–H and O–H groups in total. The quantitative estimate of drug-likeness (QED) is 0.472. The molecule has 2 aliphatic rings. The van der Waals surface area contributed by atoms with E-state index in [9.17, 15) is 8.42 Å². The molecule has 5 heteroatoms. The van der Waals surface area contributed by atoms with E-state index < -0.39 is 10.0 Å². The van der Waals surface area contributed by atoms with Crippen LogP contribution in [0.3, 0.4) is 0 Å². The van der Waals surface area contributed by atoms with Gasteiger partial charge in [-0.05, 0) is 86.1 Å². The topological polar surface area (TPSA) is 40.6 Å². The third kappa shape index (κ3) is 4.32. The van der Waals surface area contributed by atoms with E-state index in [-0.39, 0.29) is 0 Å². The molecule has 0 radical (unpaired) electrons. The Hall–Kier alpha value is -2.63. The maximum Gasteiger partial charge on any atom is 0.264 e. The second-order valence-corrected chi connectivity index (χ2v) is 11.3. The number of anilines is 1. The van der Waals surface area contributed by atoms with E-state index in [1.54, 1.807) is 22.0 Å². The molecular weight excluding hydrogens is 428 g/mol. The van der Waals surface area contributed by atoms with Crippen molar-refractivity contribution in [2.75, 3.05) is 23.9 Å². The first-order chi connectivity index (χ1) is 15.9. The summed E-state index contributed by atoms with van der Waals surface area (Å²) in [5, 5.41) is 0. The highest BCUT2D eigenvalue weighted by molar-refractivity contribution is 7.92. The average Bonchev–Trinajstić information content (AvgIpc) is 3.24. The Labute approximate surface area is 197 Å². The SMILES string of the molecule is Cc1ccc(S(=O)(=O)N(CCCN2CCc3cccc4c3C2CC4)c2cccc(C)c2)cc1. The van der Waals surface area contributed by atoms with Crippen molar-refractivity contribution in [3.8, 4) is 0 Å². The molecule has 1 heterocycles. The molecule has 0 fully saturated rings. The molecule has 3 aromatic carbocycles. The van der Waals surface area contributed by atoms with Gasteiger partial charge in [0.2, 0.25) is 0 Å². The highest BCUT2D eigenvalue weighted by atomic mass is 32.2. The second kappa shape index (κ2) is 8.96. The molecule has 0 saturated heterocycles. The van der Waals surface area contributed by atoms with Crippen LogP contribution in [-0.2, 0) is 22.9 Å². The van der Waals surface area contributed by atoms with Crippen LogP contribution in [-0.4, -0.2) is 33.0 Å². The number of rotatable bonds is 7. The molecular formula is C28H32N2O2S. The van der Waals surface area contributed by atoms with E-state index >= 15 is 0 Å². The average molecular weight is 461 g/mol. The van der Waals surface area contributed by atoms with Crippen molar-refractivity contribution in [2.45, 2.75) is 50.5 Å². The highest BCUT2D eigenvalue weighted by Crippen LogP contribution is 2.41. The van der Waals surface area contributed by atoms with Gasteiger partial charge in [-0.25, -0.2) is 8.42 Å². The summed E-state index contributed by atoms with van der Waals surface area (Å²) in [6.45, 7) is 6.40. The summed E-state index contributed by atoms with van der Waals surface area (Å²) in [5.74, 6) is 0. The first-order valence-electron chi connectivity index (χ1n) is 11.9. The number of hydrogen-bond acceptors (Lipinski definition) is 3. The molecule has 0 spiro atoms. The molecule has 0 amide bonds. The van der Waals surface area contributed by atoms with Gasteiger partial charge in [0.25, 0.3) is 10.0 Å². The van der Waals surface area contributed by atoms with Crippen LogP contribution in [0.15, 0.2) is 71.6 Å². The molecule has 0 saturated carbocycles. The molecule has 1 unspecified atom stereocenters. The zero-order chi connectivity index (χ0) is 23.0. The van der Waals surface area contributed by atoms with Crippen LogP contribution in [0.4, 0.5) is 5.69 Å². The summed E-state index contributed by atoms with van der Waals surface area (Å²) in [7, 11) is -3.63. The maximum absolute atomic E-state index is 13.6. The summed E-state index contributed by atoms with van der Waals surface area (Å²) in [6.07, 6.45) is 4.22. The predicted molar refractivity (Wildman–Crippen MR) is 134 cm³/mol. The van der Waals surface area contributed by atoms with E-state index in [0.717, 1.165) is 49.2 Å². The fourth-order valence-electron chi connectivity index (χ4n) is 5.45. The van der Waals surface area contributed by atoms with Gasteiger partial charge in [-0.3, -0.25) is 9.21 Å². The van der Waals surface area contributed by atoms with Crippen molar-refractivity contribution in [1.82, 2.24) is 4.90 Å². The minimum absolute atomic E-state index is 0.349. The van der Waals surface area contributed by atoms with Gasteiger partial charge in [-0.2, -0.15) is 0 Å². The Bertz CT molecular complexity index is 1250. The van der Waals surface area contributed by atoms with Crippen LogP contribution in [0.2, 0.25) is 0 Å². The van der Waals surface area contributed by atoms with E-state index in [2.05, 4.69) is 23.1 Å². The number of hydrogen-bond donors (Lipinski definition) is 0. The standard InChI is InChI=1S/C28H32N2O2S/c1-21-10-13-26(14-11-21)33(31,32)30(25-9-3-6-22(2)20-25)18-5-17-29-19-16-24-8-4-7-23-12-15-27(29)28(23)24/h3-4,6-11,13-14,20,27H,5,12,15-19H2,1-2H3. The zero-order valence-corrected chi connectivity index (χ0v) is 20.3. The molecule has 172 valence electrons. The normalized spacial score (nSPS) is 17.7. The second-order valence-electron chi connectivity index (χ2n) is 9.41. The van der Waals surface area contributed by atoms with Crippen molar-refractivity contribution >= 4 is 15.7 Å². The van der Waals surface area contributed by atoms with Crippen molar-refractivity contribution < 1.29 is 8.42 Å². The first kappa shape index (κ1) is 22.2. The zero-order valence-electron chi connectivity index (χ0n) is 19.5. The molecule has 4 nitrogen and oxygen atoms in total. The summed E-state index contributed by atoms with van der Waals surface area (Å²) in [5.41, 5.74) is 7.41. The van der Waals surface area contributed by atoms with Crippen LogP contribution >= 0.6 is 0 Å². The van der Waals surface area contributed by atoms with Crippen LogP contribution in [0, 0.1) is 13.8 Å². The van der Waals surface area contributed by atoms with Gasteiger partial charge in [0.15, 0.2) is 0 Å². The van der Waals surface area contributed by atoms with Crippen molar-refractivity contribution in [1.29, 1.82) is 0 Å². The molecule has 1 atom stereocenters. The highest BCUT2D eigenvalue weighted by Gasteiger charge is 2.33. The number of benzene rings is 3. The van der Waals surface area contributed by atoms with E-state index in [4.69, 9.17) is 0 Å². The van der Waals surface area contributed by atoms with E-state index in [1.165, 1.54) is 17.5 Å². The van der Waals surface area contributed by atoms with Crippen molar-refractivity contribution in [3.05, 3.63) is 94.5 Å². The Morgan fingerprint density at radius 1 is 0.909 bits per heavy atom. The smallest absolute Gasteiger partial charge is 0.264 e. The van der Waals surface area contributed by atoms with Gasteiger partial charge in [-0.15, -0.1) is 0 Å². The lowest BCUT2D eigenvalue weighted by molar-refractivity contribution is 0.185. The summed E-state index contributed by atoms with van der Waals surface area (Å²) < 4.78 is 28.9. The Kier molecular flexibility index (Phi) is 6.02. The lowest BCUT2D eigenvalue weighted by Gasteiger charge is -2.35. The third-order valence-corrected chi connectivity index (χ3v) is 8.96. The number of nitrogens with zero attached hydrogens (tertiary/aromatic N) is 2. The van der Waals surface area contributed by atoms with E-state index in [1.807, 2.05) is 50.2 Å². The van der Waals surface area contributed by atoms with E-state index in [0.29, 0.717) is 17.5 Å². The predicted octanol–water partition coefficient (Wildman–Crippen LogP) is 5.43. The van der Waals surface area contributed by atoms with Gasteiger partial charge >= 0.3 is 0 Å². The Morgan fingerprint density at radius 2 is 1.64 bits per heavy atom. The Balaban J connectivity index is 1.36. The Morgan fingerprint density at radius 3 is 2.39 bits per heavy atom. The van der Waals surface area contributed by atoms with Gasteiger partial charge in [0.05, 0.1) is 10.6 Å². The van der Waals surface area contributed by atoms with Crippen LogP contribution < -0.4 is 4.31 Å². The summed E-state index contributed by atoms with van der Waals surface area (Å²) >= 11 is 0. The summed E-state index contributed by atoms with van der Waals surface area (Å²) in [6, 6.07) is 22.2. The number of sulfonamides is 1. The van der Waals surface area contributed by atoms with Crippen molar-refractivity contribution in [3.63, 3.8) is 0 Å². The summed E-state index contributed by atoms with van der Waals surface area (Å²) in [4.78, 5) is 2.92. The van der Waals surface area contributed by atoms with Gasteiger partial charge in [0.1, 0.15) is 0 Å². The molecule has 0 aromatic heterocycles. The van der Waals surface area contributed by atoms with Gasteiger partial charge in [0, 0.05) is 25.7 Å². The third-order valence-electron chi connectivity index (χ3n) is 7.12. The minimum atomic E-state index is -3.63. The van der Waals surface area contributed by atoms with Crippen LogP contribution in [0.1, 0.15) is 46.7 Å². The maximum atomic E-state index is 13.6. The first-order valence-corrected chi connectivity index (χ1v) is 13.4. The van der Waals surface area contributed by atoms with Crippen LogP contribution in [0.5, 0.6) is 0 Å². The molecule has 0 bridgehead atoms. The lowest BCUT2D eigenvalue weighted by atomic mass is 9.93. The van der Waals surface area contributed by atoms with Crippen LogP contribution in [0.25, 0.3) is 0 Å². The fraction of sp³-hybridized carbons (Fsp3) is 0.357. The monoisotopic (exact) mass is 460 g/mol. The molecule has 1 aliphatic carbocycles. The molecule has 5 rings (SSSR count). The minimum Gasteiger partial charge on any atom is -0.296 e. The molecule has 1 aliphatic heterocycles. The fourth-order valence-corrected chi connectivity index (χ4v) is 6.94. The molecule has 33 heavy (non-hydrogen) atoms. The van der Waals surface area contributed by atoms with Gasteiger partial charge in [-0.1, -0.05) is 48.0 Å². The number of aryl methyl sites for hydroxylation is 3. The van der Waals surface area contributed by atoms with Crippen molar-refractivity contribution in [2.24, 2.45) is 0 Å². The molecule has 3 aromatic rings. The lowest BCUT2D eigenvalue weighted by Crippen LogP contribution is -2.38.